The molecular weight excluding hydrogens is 416 g/mol. The molecule has 5 heterocycles. The highest BCUT2D eigenvalue weighted by Gasteiger charge is 2.48. The van der Waals surface area contributed by atoms with Gasteiger partial charge in [0, 0.05) is 62.4 Å². The molecule has 1 unspecified atom stereocenters. The molecule has 0 radical (unpaired) electrons. The number of imidazole rings is 1. The number of thiophene rings is 1. The summed E-state index contributed by atoms with van der Waals surface area (Å²) in [6.07, 6.45) is 7.88. The molecule has 0 saturated carbocycles. The number of nitrogens with zero attached hydrogens (tertiary/aromatic N) is 4. The molecule has 0 aliphatic carbocycles. The fourth-order valence-electron chi connectivity index (χ4n) is 4.59. The molecule has 5 rings (SSSR count). The average Bonchev–Trinajstić information content (AvgIpc) is 3.50. The molecule has 0 bridgehead atoms. The predicted octanol–water partition coefficient (Wildman–Crippen LogP) is 1.73. The van der Waals surface area contributed by atoms with Crippen molar-refractivity contribution in [2.45, 2.75) is 31.1 Å². The predicted molar refractivity (Wildman–Crippen MR) is 115 cm³/mol. The Kier molecular flexibility index (Phi) is 5.64. The van der Waals surface area contributed by atoms with Gasteiger partial charge in [-0.15, -0.1) is 11.3 Å². The molecule has 1 atom stereocenters. The van der Waals surface area contributed by atoms with Gasteiger partial charge in [-0.1, -0.05) is 6.07 Å². The Balaban J connectivity index is 1.29. The summed E-state index contributed by atoms with van der Waals surface area (Å²) >= 11 is 1.60. The highest BCUT2D eigenvalue weighted by Crippen LogP contribution is 2.40. The van der Waals surface area contributed by atoms with Crippen LogP contribution in [-0.4, -0.2) is 76.7 Å². The van der Waals surface area contributed by atoms with E-state index in [0.717, 1.165) is 10.7 Å². The summed E-state index contributed by atoms with van der Waals surface area (Å²) in [4.78, 5) is 35.1. The number of hydrogen-bond donors (Lipinski definition) is 0. The Morgan fingerprint density at radius 3 is 2.71 bits per heavy atom. The molecule has 2 aromatic rings. The van der Waals surface area contributed by atoms with Crippen LogP contribution in [0.3, 0.4) is 0 Å². The molecule has 1 spiro atoms. The first kappa shape index (κ1) is 20.4. The maximum absolute atomic E-state index is 13.1. The van der Waals surface area contributed by atoms with Crippen LogP contribution in [0.5, 0.6) is 0 Å². The number of rotatable bonds is 3. The fourth-order valence-corrected chi connectivity index (χ4v) is 5.21. The van der Waals surface area contributed by atoms with Crippen LogP contribution in [0.15, 0.2) is 36.0 Å². The molecule has 2 aromatic heterocycles. The first-order chi connectivity index (χ1) is 15.1. The second-order valence-corrected chi connectivity index (χ2v) is 9.09. The second kappa shape index (κ2) is 8.57. The Morgan fingerprint density at radius 1 is 1.16 bits per heavy atom. The smallest absolute Gasteiger partial charge is 0.253 e. The molecule has 0 N–H and O–H groups in total. The van der Waals surface area contributed by atoms with Gasteiger partial charge in [0.05, 0.1) is 19.8 Å². The third-order valence-corrected chi connectivity index (χ3v) is 7.11. The second-order valence-electron chi connectivity index (χ2n) is 8.12. The lowest BCUT2D eigenvalue weighted by atomic mass is 9.88. The van der Waals surface area contributed by atoms with Crippen LogP contribution in [0.2, 0.25) is 0 Å². The molecular formula is C22H26N4O4S. The van der Waals surface area contributed by atoms with Gasteiger partial charge in [0.25, 0.3) is 5.91 Å². The Labute approximate surface area is 185 Å². The van der Waals surface area contributed by atoms with Crippen LogP contribution in [0.25, 0.3) is 6.08 Å². The minimum absolute atomic E-state index is 0.00310. The first-order valence-electron chi connectivity index (χ1n) is 10.7. The van der Waals surface area contributed by atoms with E-state index in [2.05, 4.69) is 4.98 Å². The summed E-state index contributed by atoms with van der Waals surface area (Å²) in [7, 11) is 0. The van der Waals surface area contributed by atoms with E-state index in [4.69, 9.17) is 9.47 Å². The Morgan fingerprint density at radius 2 is 1.97 bits per heavy atom. The summed E-state index contributed by atoms with van der Waals surface area (Å²) in [5.41, 5.74) is -0.636. The number of aromatic nitrogens is 2. The van der Waals surface area contributed by atoms with Gasteiger partial charge in [-0.25, -0.2) is 4.98 Å². The first-order valence-corrected chi connectivity index (χ1v) is 11.6. The molecule has 31 heavy (non-hydrogen) atoms. The van der Waals surface area contributed by atoms with Crippen molar-refractivity contribution in [3.8, 4) is 0 Å². The number of morpholine rings is 1. The van der Waals surface area contributed by atoms with Crippen LogP contribution < -0.4 is 0 Å². The van der Waals surface area contributed by atoms with Crippen molar-refractivity contribution in [1.82, 2.24) is 19.4 Å². The van der Waals surface area contributed by atoms with Crippen LogP contribution in [0.1, 0.15) is 23.5 Å². The molecule has 164 valence electrons. The number of hydrogen-bond acceptors (Lipinski definition) is 6. The summed E-state index contributed by atoms with van der Waals surface area (Å²) < 4.78 is 13.9. The highest BCUT2D eigenvalue weighted by atomic mass is 32.1. The van der Waals surface area contributed by atoms with Crippen LogP contribution in [0.4, 0.5) is 0 Å². The van der Waals surface area contributed by atoms with Crippen molar-refractivity contribution in [3.63, 3.8) is 0 Å². The van der Waals surface area contributed by atoms with E-state index in [1.165, 1.54) is 0 Å². The molecule has 3 aliphatic rings. The van der Waals surface area contributed by atoms with E-state index in [9.17, 15) is 9.59 Å². The topological polar surface area (TPSA) is 76.9 Å². The zero-order chi connectivity index (χ0) is 21.3. The minimum Gasteiger partial charge on any atom is -0.378 e. The zero-order valence-electron chi connectivity index (χ0n) is 17.3. The van der Waals surface area contributed by atoms with Crippen LogP contribution in [0, 0.1) is 0 Å². The fraction of sp³-hybridized carbons (Fsp3) is 0.500. The van der Waals surface area contributed by atoms with Gasteiger partial charge in [-0.3, -0.25) is 9.59 Å². The van der Waals surface area contributed by atoms with Gasteiger partial charge in [0.2, 0.25) is 5.91 Å². The van der Waals surface area contributed by atoms with Crippen LogP contribution in [-0.2, 0) is 31.2 Å². The number of ether oxygens (including phenoxy) is 2. The Bertz CT molecular complexity index is 956. The third kappa shape index (κ3) is 4.05. The maximum atomic E-state index is 13.1. The lowest BCUT2D eigenvalue weighted by Crippen LogP contribution is -2.56. The quantitative estimate of drug-likeness (QED) is 0.677. The van der Waals surface area contributed by atoms with E-state index in [1.807, 2.05) is 44.2 Å². The largest absolute Gasteiger partial charge is 0.378 e. The van der Waals surface area contributed by atoms with E-state index < -0.39 is 11.7 Å². The van der Waals surface area contributed by atoms with Crippen molar-refractivity contribution in [2.75, 3.05) is 39.4 Å². The number of amides is 2. The van der Waals surface area contributed by atoms with Crippen molar-refractivity contribution in [1.29, 1.82) is 0 Å². The summed E-state index contributed by atoms with van der Waals surface area (Å²) in [5.74, 6) is 0.877. The highest BCUT2D eigenvalue weighted by molar-refractivity contribution is 7.10. The van der Waals surface area contributed by atoms with E-state index >= 15 is 0 Å². The average molecular weight is 443 g/mol. The van der Waals surface area contributed by atoms with Crippen LogP contribution >= 0.6 is 11.3 Å². The lowest BCUT2D eigenvalue weighted by Gasteiger charge is -2.46. The van der Waals surface area contributed by atoms with Gasteiger partial charge in [-0.05, 0) is 17.5 Å². The number of fused-ring (bicyclic) bond motifs is 2. The number of carbonyl (C=O) groups is 2. The van der Waals surface area contributed by atoms with Gasteiger partial charge >= 0.3 is 0 Å². The number of piperidine rings is 1. The third-order valence-electron chi connectivity index (χ3n) is 6.27. The van der Waals surface area contributed by atoms with E-state index in [0.29, 0.717) is 58.8 Å². The van der Waals surface area contributed by atoms with E-state index in [1.54, 1.807) is 23.6 Å². The van der Waals surface area contributed by atoms with Gasteiger partial charge in [-0.2, -0.15) is 0 Å². The standard InChI is InChI=1S/C22H26N4O4S/c27-19(4-3-17-2-1-15-31-17)24-8-5-22(6-9-24)21-23-7-10-26(21)16-18(30-22)20(28)25-11-13-29-14-12-25/h1-4,7,10,15,18H,5-6,8-9,11-14,16H2/b4-3+. The molecule has 0 aromatic carbocycles. The summed E-state index contributed by atoms with van der Waals surface area (Å²) in [6.45, 7) is 3.94. The molecule has 2 saturated heterocycles. The zero-order valence-corrected chi connectivity index (χ0v) is 18.1. The van der Waals surface area contributed by atoms with Crippen molar-refractivity contribution < 1.29 is 19.1 Å². The lowest BCUT2D eigenvalue weighted by molar-refractivity contribution is -0.184. The molecule has 3 aliphatic heterocycles. The Hall–Kier alpha value is -2.49. The van der Waals surface area contributed by atoms with Crippen molar-refractivity contribution in [3.05, 3.63) is 46.7 Å². The van der Waals surface area contributed by atoms with Crippen molar-refractivity contribution in [2.24, 2.45) is 0 Å². The summed E-state index contributed by atoms with van der Waals surface area (Å²) in [5, 5.41) is 1.99. The van der Waals surface area contributed by atoms with E-state index in [-0.39, 0.29) is 11.8 Å². The number of likely N-dealkylation sites (tertiary alicyclic amines) is 1. The SMILES string of the molecule is O=C(/C=C/c1cccs1)N1CCC2(CC1)OC(C(=O)N1CCOCC1)Cn1ccnc12. The molecule has 2 fully saturated rings. The normalized spacial score (nSPS) is 23.3. The van der Waals surface area contributed by atoms with Gasteiger partial charge in [0.1, 0.15) is 11.4 Å². The minimum atomic E-state index is -0.636. The molecule has 8 nitrogen and oxygen atoms in total. The molecule has 2 amide bonds. The maximum Gasteiger partial charge on any atom is 0.253 e. The summed E-state index contributed by atoms with van der Waals surface area (Å²) in [6, 6.07) is 3.96. The van der Waals surface area contributed by atoms with Gasteiger partial charge < -0.3 is 23.8 Å². The number of carbonyl (C=O) groups excluding carboxylic acids is 2. The van der Waals surface area contributed by atoms with Crippen molar-refractivity contribution >= 4 is 29.2 Å². The molecule has 9 heteroatoms. The monoisotopic (exact) mass is 442 g/mol. The van der Waals surface area contributed by atoms with Gasteiger partial charge in [0.15, 0.2) is 6.10 Å².